The zero-order valence-electron chi connectivity index (χ0n) is 18.2. The third kappa shape index (κ3) is 3.85. The van der Waals surface area contributed by atoms with Crippen LogP contribution in [0.2, 0.25) is 0 Å². The second-order valence-electron chi connectivity index (χ2n) is 7.92. The van der Waals surface area contributed by atoms with E-state index in [9.17, 15) is 14.7 Å². The van der Waals surface area contributed by atoms with Crippen LogP contribution in [0.4, 0.5) is 0 Å². The van der Waals surface area contributed by atoms with Gasteiger partial charge in [-0.05, 0) is 50.8 Å². The first kappa shape index (κ1) is 21.6. The van der Waals surface area contributed by atoms with Gasteiger partial charge in [0.05, 0.1) is 18.7 Å². The van der Waals surface area contributed by atoms with Crippen molar-refractivity contribution in [1.29, 1.82) is 0 Å². The lowest BCUT2D eigenvalue weighted by atomic mass is 9.96. The average molecular weight is 435 g/mol. The third-order valence-electron chi connectivity index (χ3n) is 5.50. The number of aromatic nitrogens is 1. The summed E-state index contributed by atoms with van der Waals surface area (Å²) in [6, 6.07) is 9.71. The molecule has 1 aromatic carbocycles. The minimum atomic E-state index is -0.749. The van der Waals surface area contributed by atoms with Crippen LogP contribution in [0.15, 0.2) is 64.5 Å². The quantitative estimate of drug-likeness (QED) is 0.542. The van der Waals surface area contributed by atoms with E-state index >= 15 is 0 Å². The van der Waals surface area contributed by atoms with E-state index in [0.717, 1.165) is 6.54 Å². The highest BCUT2D eigenvalue weighted by atomic mass is 16.5. The van der Waals surface area contributed by atoms with Gasteiger partial charge in [0.1, 0.15) is 0 Å². The van der Waals surface area contributed by atoms with Crippen LogP contribution in [0, 0.1) is 0 Å². The number of carbonyl (C=O) groups is 2. The van der Waals surface area contributed by atoms with Gasteiger partial charge >= 0.3 is 0 Å². The zero-order valence-corrected chi connectivity index (χ0v) is 18.2. The number of carbonyl (C=O) groups excluding carboxylic acids is 2. The Morgan fingerprint density at radius 3 is 2.78 bits per heavy atom. The Balaban J connectivity index is 1.75. The van der Waals surface area contributed by atoms with Crippen molar-refractivity contribution >= 4 is 22.7 Å². The number of rotatable bonds is 8. The van der Waals surface area contributed by atoms with E-state index in [0.29, 0.717) is 35.2 Å². The van der Waals surface area contributed by atoms with Crippen LogP contribution >= 0.6 is 0 Å². The summed E-state index contributed by atoms with van der Waals surface area (Å²) in [4.78, 5) is 34.2. The van der Waals surface area contributed by atoms with Crippen molar-refractivity contribution in [3.8, 4) is 5.75 Å². The summed E-state index contributed by atoms with van der Waals surface area (Å²) < 4.78 is 11.1. The van der Waals surface area contributed by atoms with Crippen molar-refractivity contribution in [3.63, 3.8) is 0 Å². The summed E-state index contributed by atoms with van der Waals surface area (Å²) in [5.74, 6) is -1.15. The normalized spacial score (nSPS) is 16.4. The molecule has 166 valence electrons. The Kier molecular flexibility index (Phi) is 5.96. The lowest BCUT2D eigenvalue weighted by Crippen LogP contribution is -2.33. The van der Waals surface area contributed by atoms with Crippen molar-refractivity contribution in [2.75, 3.05) is 34.3 Å². The van der Waals surface area contributed by atoms with Gasteiger partial charge in [0, 0.05) is 24.3 Å². The van der Waals surface area contributed by atoms with Crippen molar-refractivity contribution in [1.82, 2.24) is 14.8 Å². The average Bonchev–Trinajstić information content (AvgIpc) is 3.34. The summed E-state index contributed by atoms with van der Waals surface area (Å²) >= 11 is 0. The Hall–Kier alpha value is -3.65. The minimum absolute atomic E-state index is 0.00845. The highest BCUT2D eigenvalue weighted by Gasteiger charge is 2.44. The standard InChI is InChI=1S/C24H25N3O5/c1-26(2)11-6-12-27-20(16-8-5-10-25-14-16)19(22(29)24(27)30)21(28)18-13-15-7-4-9-17(31-3)23(15)32-18/h4-5,7-10,13-14,20,29H,6,11-12H2,1-3H3/t20-/m0/s1. The molecule has 1 atom stereocenters. The number of hydrogen-bond donors (Lipinski definition) is 1. The molecular formula is C24H25N3O5. The van der Waals surface area contributed by atoms with E-state index in [-0.39, 0.29) is 11.3 Å². The van der Waals surface area contributed by atoms with E-state index in [1.165, 1.54) is 12.0 Å². The number of benzene rings is 1. The summed E-state index contributed by atoms with van der Waals surface area (Å²) in [5, 5.41) is 11.4. The maximum atomic E-state index is 13.5. The minimum Gasteiger partial charge on any atom is -0.503 e. The largest absolute Gasteiger partial charge is 0.503 e. The Morgan fingerprint density at radius 1 is 1.28 bits per heavy atom. The molecule has 0 fully saturated rings. The van der Waals surface area contributed by atoms with Crippen molar-refractivity contribution in [2.45, 2.75) is 12.5 Å². The van der Waals surface area contributed by atoms with Gasteiger partial charge in [0.15, 0.2) is 22.9 Å². The molecule has 32 heavy (non-hydrogen) atoms. The molecule has 8 nitrogen and oxygen atoms in total. The summed E-state index contributed by atoms with van der Waals surface area (Å²) in [5.41, 5.74) is 1.07. The maximum absolute atomic E-state index is 13.5. The van der Waals surface area contributed by atoms with Crippen LogP contribution in [0.25, 0.3) is 11.0 Å². The van der Waals surface area contributed by atoms with E-state index in [1.807, 2.05) is 19.0 Å². The van der Waals surface area contributed by atoms with Crippen LogP contribution in [0.5, 0.6) is 5.75 Å². The molecule has 0 radical (unpaired) electrons. The highest BCUT2D eigenvalue weighted by molar-refractivity contribution is 6.16. The van der Waals surface area contributed by atoms with Gasteiger partial charge in [-0.1, -0.05) is 18.2 Å². The molecule has 4 rings (SSSR count). The number of furan rings is 1. The van der Waals surface area contributed by atoms with E-state index in [1.54, 1.807) is 48.8 Å². The second kappa shape index (κ2) is 8.84. The number of ether oxygens (including phenoxy) is 1. The molecule has 3 heterocycles. The Bertz CT molecular complexity index is 1180. The smallest absolute Gasteiger partial charge is 0.290 e. The lowest BCUT2D eigenvalue weighted by molar-refractivity contribution is -0.129. The molecule has 1 amide bonds. The van der Waals surface area contributed by atoms with Crippen molar-refractivity contribution in [2.24, 2.45) is 0 Å². The van der Waals surface area contributed by atoms with Crippen molar-refractivity contribution in [3.05, 3.63) is 71.4 Å². The second-order valence-corrected chi connectivity index (χ2v) is 7.92. The number of nitrogens with zero attached hydrogens (tertiary/aromatic N) is 3. The lowest BCUT2D eigenvalue weighted by Gasteiger charge is -2.26. The number of fused-ring (bicyclic) bond motifs is 1. The van der Waals surface area contributed by atoms with Gasteiger partial charge < -0.3 is 24.1 Å². The number of aliphatic hydroxyl groups excluding tert-OH is 1. The van der Waals surface area contributed by atoms with Gasteiger partial charge in [-0.15, -0.1) is 0 Å². The molecule has 8 heteroatoms. The molecule has 1 aliphatic rings. The maximum Gasteiger partial charge on any atom is 0.290 e. The molecule has 0 aliphatic carbocycles. The van der Waals surface area contributed by atoms with Crippen LogP contribution in [-0.2, 0) is 4.79 Å². The van der Waals surface area contributed by atoms with Crippen LogP contribution in [0.3, 0.4) is 0 Å². The predicted octanol–water partition coefficient (Wildman–Crippen LogP) is 3.37. The number of ketones is 1. The number of pyridine rings is 1. The Labute approximate surface area is 185 Å². The molecule has 0 saturated carbocycles. The molecule has 0 saturated heterocycles. The molecule has 0 unspecified atom stereocenters. The molecule has 1 N–H and O–H groups in total. The molecular weight excluding hydrogens is 410 g/mol. The summed E-state index contributed by atoms with van der Waals surface area (Å²) in [6.07, 6.45) is 3.91. The van der Waals surface area contributed by atoms with Gasteiger partial charge in [-0.25, -0.2) is 0 Å². The molecule has 2 aromatic heterocycles. The number of methoxy groups -OCH3 is 1. The predicted molar refractivity (Wildman–Crippen MR) is 119 cm³/mol. The first-order valence-corrected chi connectivity index (χ1v) is 10.3. The van der Waals surface area contributed by atoms with E-state index < -0.39 is 23.5 Å². The third-order valence-corrected chi connectivity index (χ3v) is 5.50. The highest BCUT2D eigenvalue weighted by Crippen LogP contribution is 2.40. The number of hydrogen-bond acceptors (Lipinski definition) is 7. The first-order valence-electron chi connectivity index (χ1n) is 10.3. The first-order chi connectivity index (χ1) is 15.4. The van der Waals surface area contributed by atoms with Gasteiger partial charge in [-0.3, -0.25) is 14.6 Å². The van der Waals surface area contributed by atoms with Gasteiger partial charge in [0.25, 0.3) is 5.91 Å². The van der Waals surface area contributed by atoms with Crippen LogP contribution < -0.4 is 4.74 Å². The number of aliphatic hydroxyl groups is 1. The number of amides is 1. The molecule has 3 aromatic rings. The van der Waals surface area contributed by atoms with Gasteiger partial charge in [-0.2, -0.15) is 0 Å². The SMILES string of the molecule is COc1cccc2cc(C(=O)C3=C(O)C(=O)N(CCCN(C)C)[C@H]3c3cccnc3)oc12. The molecule has 0 spiro atoms. The zero-order chi connectivity index (χ0) is 22.8. The fourth-order valence-electron chi connectivity index (χ4n) is 4.00. The molecule has 0 bridgehead atoms. The topological polar surface area (TPSA) is 96.1 Å². The fraction of sp³-hybridized carbons (Fsp3) is 0.292. The summed E-state index contributed by atoms with van der Waals surface area (Å²) in [6.45, 7) is 1.14. The number of Topliss-reactive ketones (excluding diaryl/α,β-unsaturated/α-hetero) is 1. The number of para-hydroxylation sites is 1. The molecule has 1 aliphatic heterocycles. The van der Waals surface area contributed by atoms with E-state index in [4.69, 9.17) is 9.15 Å². The van der Waals surface area contributed by atoms with Gasteiger partial charge in [0.2, 0.25) is 5.78 Å². The van der Waals surface area contributed by atoms with E-state index in [2.05, 4.69) is 4.98 Å². The van der Waals surface area contributed by atoms with Crippen molar-refractivity contribution < 1.29 is 23.8 Å². The van der Waals surface area contributed by atoms with Crippen LogP contribution in [-0.4, -0.2) is 65.9 Å². The fourth-order valence-corrected chi connectivity index (χ4v) is 4.00. The Morgan fingerprint density at radius 2 is 2.09 bits per heavy atom. The monoisotopic (exact) mass is 435 g/mol. The van der Waals surface area contributed by atoms with Crippen LogP contribution in [0.1, 0.15) is 28.6 Å². The summed E-state index contributed by atoms with van der Waals surface area (Å²) in [7, 11) is 5.42.